The summed E-state index contributed by atoms with van der Waals surface area (Å²) in [6.45, 7) is 0. The van der Waals surface area contributed by atoms with Crippen molar-refractivity contribution in [3.63, 3.8) is 0 Å². The first-order valence-electron chi connectivity index (χ1n) is 6.27. The van der Waals surface area contributed by atoms with E-state index < -0.39 is 0 Å². The summed E-state index contributed by atoms with van der Waals surface area (Å²) >= 11 is 0. The third kappa shape index (κ3) is 3.13. The highest BCUT2D eigenvalue weighted by atomic mass is 14.5. The van der Waals surface area contributed by atoms with Crippen LogP contribution in [0.5, 0.6) is 0 Å². The zero-order chi connectivity index (χ0) is 13.1. The maximum absolute atomic E-state index is 5.75. The van der Waals surface area contributed by atoms with Crippen molar-refractivity contribution in [1.82, 2.24) is 0 Å². The average molecular weight is 205 g/mol. The summed E-state index contributed by atoms with van der Waals surface area (Å²) in [5, 5.41) is 0. The van der Waals surface area contributed by atoms with Crippen LogP contribution in [0, 0.1) is 0 Å². The Balaban J connectivity index is 0.000000581. The molecular formula is C14H19N. The lowest BCUT2D eigenvalue weighted by molar-refractivity contribution is 1.61. The second-order valence-electron chi connectivity index (χ2n) is 2.99. The second kappa shape index (κ2) is 5.86. The molecule has 0 aliphatic carbocycles. The van der Waals surface area contributed by atoms with Gasteiger partial charge < -0.3 is 5.73 Å². The first-order chi connectivity index (χ1) is 8.36. The number of benzene rings is 2. The van der Waals surface area contributed by atoms with Crippen molar-refractivity contribution in [2.75, 3.05) is 5.73 Å². The molecule has 0 aromatic heterocycles. The van der Waals surface area contributed by atoms with Gasteiger partial charge in [-0.3, -0.25) is 0 Å². The highest BCUT2D eigenvalue weighted by Gasteiger charge is 1.94. The molecule has 0 aliphatic heterocycles. The molecule has 2 rings (SSSR count). The fourth-order valence-corrected chi connectivity index (χ4v) is 1.31. The van der Waals surface area contributed by atoms with Crippen LogP contribution in [0.25, 0.3) is 11.1 Å². The Morgan fingerprint density at radius 1 is 0.733 bits per heavy atom. The largest absolute Gasteiger partial charge is 0.399 e. The number of hydrogen-bond donors (Lipinski definition) is 1. The van der Waals surface area contributed by atoms with Crippen LogP contribution in [0.3, 0.4) is 0 Å². The van der Waals surface area contributed by atoms with E-state index in [1.807, 2.05) is 42.5 Å². The van der Waals surface area contributed by atoms with Gasteiger partial charge in [0, 0.05) is 8.43 Å². The lowest BCUT2D eigenvalue weighted by atomic mass is 10.1. The third-order valence-corrected chi connectivity index (χ3v) is 2.02. The fourth-order valence-electron chi connectivity index (χ4n) is 1.31. The van der Waals surface area contributed by atoms with Gasteiger partial charge in [0.05, 0.1) is 0 Å². The van der Waals surface area contributed by atoms with E-state index in [1.165, 1.54) is 25.9 Å². The molecule has 0 bridgehead atoms. The van der Waals surface area contributed by atoms with Crippen LogP contribution in [0.4, 0.5) is 5.69 Å². The van der Waals surface area contributed by atoms with Crippen LogP contribution in [-0.2, 0) is 0 Å². The van der Waals surface area contributed by atoms with Gasteiger partial charge in [0.15, 0.2) is 0 Å². The fraction of sp³-hybridized carbons (Fsp3) is 0.143. The predicted molar refractivity (Wildman–Crippen MR) is 69.8 cm³/mol. The van der Waals surface area contributed by atoms with Crippen molar-refractivity contribution in [2.24, 2.45) is 0 Å². The number of nitrogen functional groups attached to an aromatic ring is 1. The summed E-state index contributed by atoms with van der Waals surface area (Å²) in [7, 11) is 2.50. The SMILES string of the molecule is Nc1ccc(-c2ccccc2)cc1.[3H]C.[3H]C. The van der Waals surface area contributed by atoms with E-state index in [0.717, 1.165) is 5.69 Å². The normalized spacial score (nSPS) is 9.47. The van der Waals surface area contributed by atoms with E-state index >= 15 is 0 Å². The first-order valence-corrected chi connectivity index (χ1v) is 4.27. The maximum atomic E-state index is 5.75. The van der Waals surface area contributed by atoms with E-state index in [4.69, 9.17) is 8.48 Å². The van der Waals surface area contributed by atoms with Gasteiger partial charge in [-0.15, -0.1) is 0 Å². The molecular weight excluding hydrogens is 182 g/mol. The average Bonchev–Trinajstić information content (AvgIpc) is 2.45. The van der Waals surface area contributed by atoms with Crippen molar-refractivity contribution in [2.45, 2.75) is 14.8 Å². The van der Waals surface area contributed by atoms with Crippen LogP contribution in [0.15, 0.2) is 54.6 Å². The van der Waals surface area contributed by atoms with E-state index in [0.29, 0.717) is 0 Å². The van der Waals surface area contributed by atoms with Gasteiger partial charge in [-0.05, 0) is 23.3 Å². The van der Waals surface area contributed by atoms with Crippen molar-refractivity contribution >= 4 is 5.69 Å². The van der Waals surface area contributed by atoms with Gasteiger partial charge in [0.1, 0.15) is 0 Å². The number of nitrogens with two attached hydrogens (primary N) is 1. The Hall–Kier alpha value is -1.76. The molecule has 0 unspecified atom stereocenters. The quantitative estimate of drug-likeness (QED) is 0.693. The molecule has 0 saturated carbocycles. The summed E-state index contributed by atoms with van der Waals surface area (Å²) in [5.74, 6) is 0. The molecule has 0 saturated heterocycles. The van der Waals surface area contributed by atoms with Gasteiger partial charge in [-0.2, -0.15) is 0 Å². The molecule has 0 atom stereocenters. The van der Waals surface area contributed by atoms with Gasteiger partial charge >= 0.3 is 0 Å². The van der Waals surface area contributed by atoms with Crippen molar-refractivity contribution in [1.29, 1.82) is 0 Å². The lowest BCUT2D eigenvalue weighted by Crippen LogP contribution is -1.83. The molecule has 0 spiro atoms. The van der Waals surface area contributed by atoms with Crippen molar-refractivity contribution in [3.05, 3.63) is 54.6 Å². The molecule has 0 fully saturated rings. The molecule has 2 aromatic rings. The van der Waals surface area contributed by atoms with E-state index in [9.17, 15) is 0 Å². The Bertz CT molecular complexity index is 385. The van der Waals surface area contributed by atoms with Crippen LogP contribution in [-0.4, -0.2) is 0 Å². The van der Waals surface area contributed by atoms with Crippen molar-refractivity contribution in [3.8, 4) is 11.1 Å². The number of anilines is 1. The van der Waals surface area contributed by atoms with E-state index in [2.05, 4.69) is 12.1 Å². The van der Waals surface area contributed by atoms with Gasteiger partial charge in [0.2, 0.25) is 0 Å². The molecule has 0 radical (unpaired) electrons. The maximum Gasteiger partial charge on any atom is 0.0314 e. The summed E-state index contributed by atoms with van der Waals surface area (Å²) in [6.07, 6.45) is 0. The Morgan fingerprint density at radius 3 is 1.73 bits per heavy atom. The highest BCUT2D eigenvalue weighted by Crippen LogP contribution is 2.19. The minimum Gasteiger partial charge on any atom is -0.399 e. The van der Waals surface area contributed by atoms with Crippen LogP contribution in [0.1, 0.15) is 17.5 Å². The topological polar surface area (TPSA) is 26.0 Å². The van der Waals surface area contributed by atoms with Gasteiger partial charge in [-0.25, -0.2) is 0 Å². The smallest absolute Gasteiger partial charge is 0.0314 e. The minimum atomic E-state index is 0.805. The van der Waals surface area contributed by atoms with Crippen molar-refractivity contribution < 1.29 is 2.74 Å². The Morgan fingerprint density at radius 2 is 1.20 bits per heavy atom. The Labute approximate surface area is 95.4 Å². The number of rotatable bonds is 1. The summed E-state index contributed by atoms with van der Waals surface area (Å²) < 4.78 is 11.5. The summed E-state index contributed by atoms with van der Waals surface area (Å²) in [5.41, 5.74) is 8.84. The minimum absolute atomic E-state index is 0.805. The molecule has 15 heavy (non-hydrogen) atoms. The highest BCUT2D eigenvalue weighted by molar-refractivity contribution is 5.65. The molecule has 0 heterocycles. The molecule has 1 heteroatoms. The molecule has 0 aliphatic rings. The second-order valence-corrected chi connectivity index (χ2v) is 2.99. The first kappa shape index (κ1) is 9.78. The lowest BCUT2D eigenvalue weighted by Gasteiger charge is -2.00. The van der Waals surface area contributed by atoms with Crippen LogP contribution in [0.2, 0.25) is 0 Å². The van der Waals surface area contributed by atoms with Crippen LogP contribution < -0.4 is 5.73 Å². The van der Waals surface area contributed by atoms with Gasteiger partial charge in [-0.1, -0.05) is 57.3 Å². The molecule has 80 valence electrons. The van der Waals surface area contributed by atoms with Crippen LogP contribution >= 0.6 is 0 Å². The van der Waals surface area contributed by atoms with Gasteiger partial charge in [0.25, 0.3) is 0 Å². The molecule has 1 nitrogen and oxygen atoms in total. The van der Waals surface area contributed by atoms with E-state index in [-0.39, 0.29) is 0 Å². The standard InChI is InChI=1S/C12H11N.2CH4/c13-12-8-6-11(7-9-12)10-4-2-1-3-5-10;;/h1-9H,13H2;2*1H4/i;2*1T. The number of hydrogen-bond acceptors (Lipinski definition) is 1. The summed E-state index contributed by atoms with van der Waals surface area (Å²) in [6, 6.07) is 18.2. The zero-order valence-corrected chi connectivity index (χ0v) is 9.27. The molecule has 2 aromatic carbocycles. The predicted octanol–water partition coefficient (Wildman–Crippen LogP) is 4.21. The molecule has 0 amide bonds. The summed E-state index contributed by atoms with van der Waals surface area (Å²) in [4.78, 5) is 0. The third-order valence-electron chi connectivity index (χ3n) is 2.02. The molecule has 2 N–H and O–H groups in total. The zero-order valence-electron chi connectivity index (χ0n) is 11.3. The van der Waals surface area contributed by atoms with E-state index in [1.54, 1.807) is 0 Å². The monoisotopic (exact) mass is 205 g/mol. The Kier molecular flexibility index (Phi) is 3.82.